The Morgan fingerprint density at radius 2 is 1.83 bits per heavy atom. The third-order valence-electron chi connectivity index (χ3n) is 3.91. The quantitative estimate of drug-likeness (QED) is 0.831. The van der Waals surface area contributed by atoms with Crippen molar-refractivity contribution in [2.45, 2.75) is 27.3 Å². The van der Waals surface area contributed by atoms with Gasteiger partial charge in [0.25, 0.3) is 0 Å². The summed E-state index contributed by atoms with van der Waals surface area (Å²) in [5.74, 6) is -0.523. The topological polar surface area (TPSA) is 62.3 Å². The summed E-state index contributed by atoms with van der Waals surface area (Å²) in [5.41, 5.74) is 0.524. The number of anilines is 1. The summed E-state index contributed by atoms with van der Waals surface area (Å²) < 4.78 is 0. The SMILES string of the molecule is CCN(C(=O)C(C)(C)C(=O)NCc1cccnc1)c1ccccc1. The van der Waals surface area contributed by atoms with E-state index in [9.17, 15) is 9.59 Å². The van der Waals surface area contributed by atoms with Gasteiger partial charge in [-0.15, -0.1) is 0 Å². The minimum Gasteiger partial charge on any atom is -0.351 e. The summed E-state index contributed by atoms with van der Waals surface area (Å²) in [6.07, 6.45) is 3.37. The second kappa shape index (κ2) is 7.73. The van der Waals surface area contributed by atoms with Crippen molar-refractivity contribution in [1.29, 1.82) is 0 Å². The Kier molecular flexibility index (Phi) is 5.68. The van der Waals surface area contributed by atoms with Crippen molar-refractivity contribution in [3.05, 3.63) is 60.4 Å². The molecule has 1 heterocycles. The van der Waals surface area contributed by atoms with Crippen LogP contribution in [-0.2, 0) is 16.1 Å². The van der Waals surface area contributed by atoms with Crippen LogP contribution in [0.1, 0.15) is 26.3 Å². The number of benzene rings is 1. The lowest BCUT2D eigenvalue weighted by Crippen LogP contribution is -2.49. The van der Waals surface area contributed by atoms with E-state index in [4.69, 9.17) is 0 Å². The summed E-state index contributed by atoms with van der Waals surface area (Å²) in [4.78, 5) is 31.1. The van der Waals surface area contributed by atoms with Crippen molar-refractivity contribution in [2.75, 3.05) is 11.4 Å². The highest BCUT2D eigenvalue weighted by Crippen LogP contribution is 2.24. The molecule has 0 saturated heterocycles. The predicted octanol–water partition coefficient (Wildman–Crippen LogP) is 2.78. The molecule has 0 fully saturated rings. The lowest BCUT2D eigenvalue weighted by molar-refractivity contribution is -0.139. The molecule has 2 aromatic rings. The number of nitrogens with zero attached hydrogens (tertiary/aromatic N) is 2. The third-order valence-corrected chi connectivity index (χ3v) is 3.91. The molecular formula is C19H23N3O2. The molecule has 2 amide bonds. The van der Waals surface area contributed by atoms with Gasteiger partial charge in [0.05, 0.1) is 0 Å². The first-order valence-corrected chi connectivity index (χ1v) is 8.01. The summed E-state index contributed by atoms with van der Waals surface area (Å²) >= 11 is 0. The maximum atomic E-state index is 12.9. The van der Waals surface area contributed by atoms with E-state index < -0.39 is 5.41 Å². The Bertz CT molecular complexity index is 684. The molecule has 0 saturated carbocycles. The lowest BCUT2D eigenvalue weighted by atomic mass is 9.90. The van der Waals surface area contributed by atoms with E-state index in [1.54, 1.807) is 31.1 Å². The third kappa shape index (κ3) is 3.98. The second-order valence-electron chi connectivity index (χ2n) is 6.05. The van der Waals surface area contributed by atoms with Gasteiger partial charge in [-0.1, -0.05) is 24.3 Å². The molecule has 0 aliphatic carbocycles. The van der Waals surface area contributed by atoms with Crippen LogP contribution in [-0.4, -0.2) is 23.3 Å². The molecule has 1 aromatic carbocycles. The molecular weight excluding hydrogens is 302 g/mol. The van der Waals surface area contributed by atoms with E-state index in [2.05, 4.69) is 10.3 Å². The zero-order valence-electron chi connectivity index (χ0n) is 14.3. The van der Waals surface area contributed by atoms with Crippen LogP contribution in [0.4, 0.5) is 5.69 Å². The fourth-order valence-corrected chi connectivity index (χ4v) is 2.39. The van der Waals surface area contributed by atoms with Crippen LogP contribution in [0.15, 0.2) is 54.9 Å². The number of pyridine rings is 1. The number of aromatic nitrogens is 1. The normalized spacial score (nSPS) is 11.0. The average Bonchev–Trinajstić information content (AvgIpc) is 2.62. The van der Waals surface area contributed by atoms with E-state index in [0.29, 0.717) is 13.1 Å². The summed E-state index contributed by atoms with van der Waals surface area (Å²) in [5, 5.41) is 2.82. The van der Waals surface area contributed by atoms with Crippen molar-refractivity contribution < 1.29 is 9.59 Å². The van der Waals surface area contributed by atoms with Gasteiger partial charge in [0.1, 0.15) is 5.41 Å². The largest absolute Gasteiger partial charge is 0.351 e. The van der Waals surface area contributed by atoms with E-state index in [0.717, 1.165) is 11.3 Å². The van der Waals surface area contributed by atoms with E-state index >= 15 is 0 Å². The van der Waals surface area contributed by atoms with Gasteiger partial charge in [0.2, 0.25) is 11.8 Å². The van der Waals surface area contributed by atoms with Gasteiger partial charge in [-0.3, -0.25) is 14.6 Å². The Labute approximate surface area is 142 Å². The van der Waals surface area contributed by atoms with Crippen molar-refractivity contribution in [3.63, 3.8) is 0 Å². The fourth-order valence-electron chi connectivity index (χ4n) is 2.39. The molecule has 1 aromatic heterocycles. The number of hydrogen-bond acceptors (Lipinski definition) is 3. The Hall–Kier alpha value is -2.69. The number of hydrogen-bond donors (Lipinski definition) is 1. The number of nitrogens with one attached hydrogen (secondary N) is 1. The summed E-state index contributed by atoms with van der Waals surface area (Å²) in [7, 11) is 0. The Morgan fingerprint density at radius 3 is 2.42 bits per heavy atom. The van der Waals surface area contributed by atoms with Crippen LogP contribution < -0.4 is 10.2 Å². The smallest absolute Gasteiger partial charge is 0.242 e. The van der Waals surface area contributed by atoms with E-state index in [-0.39, 0.29) is 11.8 Å². The molecule has 0 unspecified atom stereocenters. The molecule has 126 valence electrons. The number of carbonyl (C=O) groups excluding carboxylic acids is 2. The molecule has 5 nitrogen and oxygen atoms in total. The van der Waals surface area contributed by atoms with Crippen LogP contribution in [0.2, 0.25) is 0 Å². The first-order valence-electron chi connectivity index (χ1n) is 8.01. The second-order valence-corrected chi connectivity index (χ2v) is 6.05. The van der Waals surface area contributed by atoms with Crippen LogP contribution in [0.3, 0.4) is 0 Å². The van der Waals surface area contributed by atoms with Crippen LogP contribution in [0, 0.1) is 5.41 Å². The molecule has 0 radical (unpaired) electrons. The minimum absolute atomic E-state index is 0.222. The molecule has 5 heteroatoms. The van der Waals surface area contributed by atoms with Crippen molar-refractivity contribution in [1.82, 2.24) is 10.3 Å². The van der Waals surface area contributed by atoms with E-state index in [1.807, 2.05) is 49.4 Å². The molecule has 0 bridgehead atoms. The zero-order valence-corrected chi connectivity index (χ0v) is 14.3. The van der Waals surface area contributed by atoms with Gasteiger partial charge in [-0.05, 0) is 44.5 Å². The molecule has 1 N–H and O–H groups in total. The van der Waals surface area contributed by atoms with Crippen molar-refractivity contribution >= 4 is 17.5 Å². The molecule has 24 heavy (non-hydrogen) atoms. The molecule has 0 atom stereocenters. The average molecular weight is 325 g/mol. The summed E-state index contributed by atoms with van der Waals surface area (Å²) in [6, 6.07) is 13.1. The zero-order chi connectivity index (χ0) is 17.6. The molecule has 2 rings (SSSR count). The van der Waals surface area contributed by atoms with E-state index in [1.165, 1.54) is 0 Å². The number of rotatable bonds is 6. The van der Waals surface area contributed by atoms with Crippen LogP contribution in [0.25, 0.3) is 0 Å². The highest BCUT2D eigenvalue weighted by atomic mass is 16.2. The van der Waals surface area contributed by atoms with Gasteiger partial charge >= 0.3 is 0 Å². The van der Waals surface area contributed by atoms with Crippen LogP contribution in [0.5, 0.6) is 0 Å². The lowest BCUT2D eigenvalue weighted by Gasteiger charge is -2.30. The van der Waals surface area contributed by atoms with Gasteiger partial charge in [0.15, 0.2) is 0 Å². The highest BCUT2D eigenvalue weighted by molar-refractivity contribution is 6.10. The fraction of sp³-hybridized carbons (Fsp3) is 0.316. The first kappa shape index (κ1) is 17.7. The van der Waals surface area contributed by atoms with Gasteiger partial charge in [-0.2, -0.15) is 0 Å². The van der Waals surface area contributed by atoms with Crippen LogP contribution >= 0.6 is 0 Å². The van der Waals surface area contributed by atoms with Gasteiger partial charge in [0, 0.05) is 31.2 Å². The molecule has 0 aliphatic heterocycles. The maximum absolute atomic E-state index is 12.9. The first-order chi connectivity index (χ1) is 11.5. The number of carbonyl (C=O) groups is 2. The number of para-hydroxylation sites is 1. The van der Waals surface area contributed by atoms with Crippen molar-refractivity contribution in [3.8, 4) is 0 Å². The molecule has 0 aliphatic rings. The molecule has 0 spiro atoms. The Balaban J connectivity index is 2.09. The van der Waals surface area contributed by atoms with Crippen molar-refractivity contribution in [2.24, 2.45) is 5.41 Å². The minimum atomic E-state index is -1.16. The van der Waals surface area contributed by atoms with Gasteiger partial charge in [-0.25, -0.2) is 0 Å². The monoisotopic (exact) mass is 325 g/mol. The predicted molar refractivity (Wildman–Crippen MR) is 94.3 cm³/mol. The Morgan fingerprint density at radius 1 is 1.12 bits per heavy atom. The van der Waals surface area contributed by atoms with Gasteiger partial charge < -0.3 is 10.2 Å². The maximum Gasteiger partial charge on any atom is 0.242 e. The standard InChI is InChI=1S/C19H23N3O2/c1-4-22(16-10-6-5-7-11-16)18(24)19(2,3)17(23)21-14-15-9-8-12-20-13-15/h5-13H,4,14H2,1-3H3,(H,21,23). The summed E-state index contributed by atoms with van der Waals surface area (Å²) in [6.45, 7) is 6.05. The highest BCUT2D eigenvalue weighted by Gasteiger charge is 2.39. The number of amides is 2.